The number of hydrogen-bond donors (Lipinski definition) is 1. The number of rotatable bonds is 3. The summed E-state index contributed by atoms with van der Waals surface area (Å²) in [5.74, 6) is -1.18. The number of carbonyl (C=O) groups is 1. The summed E-state index contributed by atoms with van der Waals surface area (Å²) in [6.45, 7) is 6.84. The van der Waals surface area contributed by atoms with Gasteiger partial charge < -0.3 is 14.8 Å². The van der Waals surface area contributed by atoms with Crippen molar-refractivity contribution in [1.29, 1.82) is 0 Å². The molecule has 0 unspecified atom stereocenters. The summed E-state index contributed by atoms with van der Waals surface area (Å²) in [5, 5.41) is 3.20. The molecule has 1 aliphatic rings. The predicted molar refractivity (Wildman–Crippen MR) is 83.2 cm³/mol. The third-order valence-corrected chi connectivity index (χ3v) is 4.10. The third kappa shape index (κ3) is 3.06. The van der Waals surface area contributed by atoms with E-state index in [0.717, 1.165) is 25.2 Å². The summed E-state index contributed by atoms with van der Waals surface area (Å²) in [5.41, 5.74) is 0.830. The molecule has 1 aromatic carbocycles. The van der Waals surface area contributed by atoms with Crippen LogP contribution in [0.15, 0.2) is 12.1 Å². The Morgan fingerprint density at radius 3 is 2.57 bits per heavy atom. The van der Waals surface area contributed by atoms with E-state index >= 15 is 0 Å². The van der Waals surface area contributed by atoms with Crippen LogP contribution >= 0.6 is 0 Å². The zero-order valence-electron chi connectivity index (χ0n) is 13.3. The zero-order valence-corrected chi connectivity index (χ0v) is 13.3. The van der Waals surface area contributed by atoms with Gasteiger partial charge in [0.1, 0.15) is 12.4 Å². The van der Waals surface area contributed by atoms with Crippen molar-refractivity contribution in [2.75, 3.05) is 26.2 Å². The zero-order chi connectivity index (χ0) is 16.6. The van der Waals surface area contributed by atoms with Crippen LogP contribution in [-0.2, 0) is 11.3 Å². The molecule has 2 heterocycles. The highest BCUT2D eigenvalue weighted by Gasteiger charge is 2.22. The van der Waals surface area contributed by atoms with Gasteiger partial charge in [-0.25, -0.2) is 13.8 Å². The lowest BCUT2D eigenvalue weighted by Crippen LogP contribution is -2.47. The minimum absolute atomic E-state index is 0.0302. The van der Waals surface area contributed by atoms with Gasteiger partial charge in [0.25, 0.3) is 0 Å². The lowest BCUT2D eigenvalue weighted by Gasteiger charge is -2.28. The summed E-state index contributed by atoms with van der Waals surface area (Å²) < 4.78 is 28.8. The predicted octanol–water partition coefficient (Wildman–Crippen LogP) is 1.87. The van der Waals surface area contributed by atoms with Crippen molar-refractivity contribution >= 4 is 16.9 Å². The minimum Gasteiger partial charge on any atom is -0.339 e. The highest BCUT2D eigenvalue weighted by Crippen LogP contribution is 2.24. The summed E-state index contributed by atoms with van der Waals surface area (Å²) in [7, 11) is 0. The molecule has 1 fully saturated rings. The SMILES string of the molecule is CC(C)c1nc2cc(F)c(F)cc2n1CC(=O)N1CCNCC1. The quantitative estimate of drug-likeness (QED) is 0.938. The molecule has 0 radical (unpaired) electrons. The fourth-order valence-electron chi connectivity index (χ4n) is 2.90. The summed E-state index contributed by atoms with van der Waals surface area (Å²) in [6.07, 6.45) is 0. The Balaban J connectivity index is 1.98. The van der Waals surface area contributed by atoms with Crippen molar-refractivity contribution in [1.82, 2.24) is 19.8 Å². The molecule has 0 spiro atoms. The van der Waals surface area contributed by atoms with E-state index in [-0.39, 0.29) is 18.4 Å². The van der Waals surface area contributed by atoms with E-state index in [9.17, 15) is 13.6 Å². The molecule has 0 saturated carbocycles. The molecular formula is C16H20F2N4O. The number of fused-ring (bicyclic) bond motifs is 1. The lowest BCUT2D eigenvalue weighted by molar-refractivity contribution is -0.132. The van der Waals surface area contributed by atoms with Crippen molar-refractivity contribution in [2.45, 2.75) is 26.3 Å². The van der Waals surface area contributed by atoms with Crippen LogP contribution in [0.25, 0.3) is 11.0 Å². The van der Waals surface area contributed by atoms with E-state index in [1.54, 1.807) is 9.47 Å². The molecule has 0 atom stereocenters. The summed E-state index contributed by atoms with van der Waals surface area (Å²) >= 11 is 0. The number of halogens is 2. The largest absolute Gasteiger partial charge is 0.339 e. The van der Waals surface area contributed by atoms with Gasteiger partial charge in [-0.1, -0.05) is 13.8 Å². The van der Waals surface area contributed by atoms with Crippen LogP contribution < -0.4 is 5.32 Å². The highest BCUT2D eigenvalue weighted by molar-refractivity contribution is 5.81. The van der Waals surface area contributed by atoms with E-state index in [4.69, 9.17) is 0 Å². The number of nitrogens with one attached hydrogen (secondary N) is 1. The van der Waals surface area contributed by atoms with Gasteiger partial charge in [0.15, 0.2) is 11.6 Å². The average molecular weight is 322 g/mol. The second-order valence-corrected chi connectivity index (χ2v) is 6.10. The average Bonchev–Trinajstić information content (AvgIpc) is 2.87. The van der Waals surface area contributed by atoms with Gasteiger partial charge >= 0.3 is 0 Å². The van der Waals surface area contributed by atoms with Crippen LogP contribution in [0.3, 0.4) is 0 Å². The van der Waals surface area contributed by atoms with Gasteiger partial charge in [-0.05, 0) is 0 Å². The second kappa shape index (κ2) is 6.23. The van der Waals surface area contributed by atoms with Gasteiger partial charge in [0.05, 0.1) is 11.0 Å². The van der Waals surface area contributed by atoms with Gasteiger partial charge in [-0.2, -0.15) is 0 Å². The molecular weight excluding hydrogens is 302 g/mol. The van der Waals surface area contributed by atoms with Crippen LogP contribution in [0, 0.1) is 11.6 Å². The molecule has 7 heteroatoms. The molecule has 3 rings (SSSR count). The van der Waals surface area contributed by atoms with Gasteiger partial charge in [0.2, 0.25) is 5.91 Å². The Kier molecular flexibility index (Phi) is 4.30. The normalized spacial score (nSPS) is 15.6. The van der Waals surface area contributed by atoms with Crippen molar-refractivity contribution in [3.8, 4) is 0 Å². The van der Waals surface area contributed by atoms with E-state index in [2.05, 4.69) is 10.3 Å². The number of aromatic nitrogens is 2. The van der Waals surface area contributed by atoms with Crippen LogP contribution in [0.5, 0.6) is 0 Å². The fourth-order valence-corrected chi connectivity index (χ4v) is 2.90. The number of piperazine rings is 1. The molecule has 23 heavy (non-hydrogen) atoms. The number of carbonyl (C=O) groups excluding carboxylic acids is 1. The summed E-state index contributed by atoms with van der Waals surface area (Å²) in [4.78, 5) is 18.7. The Labute approximate surface area is 133 Å². The van der Waals surface area contributed by atoms with E-state index < -0.39 is 11.6 Å². The van der Waals surface area contributed by atoms with Crippen molar-refractivity contribution < 1.29 is 13.6 Å². The van der Waals surface area contributed by atoms with E-state index in [1.807, 2.05) is 13.8 Å². The number of nitrogens with zero attached hydrogens (tertiary/aromatic N) is 3. The third-order valence-electron chi connectivity index (χ3n) is 4.10. The maximum atomic E-state index is 13.6. The smallest absolute Gasteiger partial charge is 0.242 e. The standard InChI is InChI=1S/C16H20F2N4O/c1-10(2)16-20-13-7-11(17)12(18)8-14(13)22(16)9-15(23)21-5-3-19-4-6-21/h7-8,10,19H,3-6,9H2,1-2H3. The monoisotopic (exact) mass is 322 g/mol. The number of hydrogen-bond acceptors (Lipinski definition) is 3. The molecule has 124 valence electrons. The van der Waals surface area contributed by atoms with Gasteiger partial charge in [0, 0.05) is 44.2 Å². The summed E-state index contributed by atoms with van der Waals surface area (Å²) in [6, 6.07) is 2.21. The molecule has 0 bridgehead atoms. The molecule has 2 aromatic rings. The van der Waals surface area contributed by atoms with E-state index in [0.29, 0.717) is 29.9 Å². The Morgan fingerprint density at radius 2 is 1.91 bits per heavy atom. The van der Waals surface area contributed by atoms with Crippen molar-refractivity contribution in [3.63, 3.8) is 0 Å². The van der Waals surface area contributed by atoms with Crippen molar-refractivity contribution in [2.24, 2.45) is 0 Å². The molecule has 1 N–H and O–H groups in total. The fraction of sp³-hybridized carbons (Fsp3) is 0.500. The van der Waals surface area contributed by atoms with Gasteiger partial charge in [-0.15, -0.1) is 0 Å². The molecule has 1 aliphatic heterocycles. The van der Waals surface area contributed by atoms with Crippen LogP contribution in [0.2, 0.25) is 0 Å². The Hall–Kier alpha value is -2.02. The van der Waals surface area contributed by atoms with Crippen molar-refractivity contribution in [3.05, 3.63) is 29.6 Å². The molecule has 1 saturated heterocycles. The van der Waals surface area contributed by atoms with Crippen LogP contribution in [0.1, 0.15) is 25.6 Å². The number of imidazole rings is 1. The Morgan fingerprint density at radius 1 is 1.26 bits per heavy atom. The maximum absolute atomic E-state index is 13.6. The molecule has 1 amide bonds. The van der Waals surface area contributed by atoms with Crippen LogP contribution in [0.4, 0.5) is 8.78 Å². The lowest BCUT2D eigenvalue weighted by atomic mass is 10.2. The minimum atomic E-state index is -0.927. The van der Waals surface area contributed by atoms with E-state index in [1.165, 1.54) is 0 Å². The molecule has 1 aromatic heterocycles. The highest BCUT2D eigenvalue weighted by atomic mass is 19.2. The second-order valence-electron chi connectivity index (χ2n) is 6.10. The van der Waals surface area contributed by atoms with Gasteiger partial charge in [-0.3, -0.25) is 4.79 Å². The first-order chi connectivity index (χ1) is 11.0. The first-order valence-electron chi connectivity index (χ1n) is 7.81. The maximum Gasteiger partial charge on any atom is 0.242 e. The molecule has 5 nitrogen and oxygen atoms in total. The number of benzene rings is 1. The first-order valence-corrected chi connectivity index (χ1v) is 7.81. The number of amides is 1. The topological polar surface area (TPSA) is 50.2 Å². The molecule has 0 aliphatic carbocycles. The Bertz CT molecular complexity index is 735. The van der Waals surface area contributed by atoms with Crippen LogP contribution in [-0.4, -0.2) is 46.5 Å². The first kappa shape index (κ1) is 15.9.